The Hall–Kier alpha value is -2.33. The number of carbonyl (C=O) groups is 1. The summed E-state index contributed by atoms with van der Waals surface area (Å²) in [6.45, 7) is 1.86. The molecule has 10 heteroatoms. The highest BCUT2D eigenvalue weighted by atomic mass is 32.2. The van der Waals surface area contributed by atoms with Crippen molar-refractivity contribution in [1.82, 2.24) is 14.9 Å². The molecule has 0 N–H and O–H groups in total. The first-order valence-corrected chi connectivity index (χ1v) is 9.44. The number of thioether (sulfide) groups is 1. The summed E-state index contributed by atoms with van der Waals surface area (Å²) in [5.41, 5.74) is -0.420. The number of aromatic nitrogens is 2. The molecule has 0 radical (unpaired) electrons. The Morgan fingerprint density at radius 2 is 1.89 bits per heavy atom. The molecule has 0 atom stereocenters. The van der Waals surface area contributed by atoms with E-state index in [1.165, 1.54) is 7.11 Å². The Labute approximate surface area is 164 Å². The van der Waals surface area contributed by atoms with E-state index < -0.39 is 11.9 Å². The molecule has 28 heavy (non-hydrogen) atoms. The predicted molar refractivity (Wildman–Crippen MR) is 97.1 cm³/mol. The molecule has 1 aliphatic rings. The maximum absolute atomic E-state index is 13.3. The molecule has 1 aromatic carbocycles. The van der Waals surface area contributed by atoms with Crippen LogP contribution in [-0.2, 0) is 15.7 Å². The molecule has 0 bridgehead atoms. The van der Waals surface area contributed by atoms with Gasteiger partial charge in [-0.3, -0.25) is 4.79 Å². The average Bonchev–Trinajstić information content (AvgIpc) is 2.72. The van der Waals surface area contributed by atoms with E-state index in [4.69, 9.17) is 9.47 Å². The maximum atomic E-state index is 13.3. The van der Waals surface area contributed by atoms with Crippen molar-refractivity contribution in [2.45, 2.75) is 11.3 Å². The lowest BCUT2D eigenvalue weighted by molar-refractivity contribution is -0.141. The van der Waals surface area contributed by atoms with Gasteiger partial charge in [0, 0.05) is 18.7 Å². The lowest BCUT2D eigenvalue weighted by Gasteiger charge is -2.26. The smallest absolute Gasteiger partial charge is 0.433 e. The number of halogens is 3. The molecule has 0 spiro atoms. The van der Waals surface area contributed by atoms with E-state index >= 15 is 0 Å². The van der Waals surface area contributed by atoms with E-state index in [9.17, 15) is 18.0 Å². The molecule has 1 aromatic heterocycles. The number of nitrogens with zero attached hydrogens (tertiary/aromatic N) is 3. The van der Waals surface area contributed by atoms with E-state index in [0.717, 1.165) is 17.8 Å². The van der Waals surface area contributed by atoms with Gasteiger partial charge in [0.2, 0.25) is 5.91 Å². The van der Waals surface area contributed by atoms with Crippen molar-refractivity contribution in [2.75, 3.05) is 39.2 Å². The Morgan fingerprint density at radius 1 is 1.21 bits per heavy atom. The first-order valence-electron chi connectivity index (χ1n) is 8.46. The van der Waals surface area contributed by atoms with Crippen molar-refractivity contribution in [3.8, 4) is 17.0 Å². The molecular weight excluding hydrogens is 395 g/mol. The van der Waals surface area contributed by atoms with Gasteiger partial charge in [-0.25, -0.2) is 9.97 Å². The van der Waals surface area contributed by atoms with Gasteiger partial charge in [0.05, 0.1) is 31.8 Å². The molecule has 2 aromatic rings. The molecule has 1 amide bonds. The van der Waals surface area contributed by atoms with Gasteiger partial charge in [0.25, 0.3) is 0 Å². The minimum absolute atomic E-state index is 0.0383. The van der Waals surface area contributed by atoms with Gasteiger partial charge in [-0.15, -0.1) is 0 Å². The van der Waals surface area contributed by atoms with Gasteiger partial charge in [0.1, 0.15) is 11.4 Å². The number of benzene rings is 1. The first-order chi connectivity index (χ1) is 13.4. The topological polar surface area (TPSA) is 64.5 Å². The number of amides is 1. The fourth-order valence-corrected chi connectivity index (χ4v) is 3.34. The van der Waals surface area contributed by atoms with Crippen LogP contribution in [0.25, 0.3) is 11.3 Å². The van der Waals surface area contributed by atoms with Gasteiger partial charge < -0.3 is 14.4 Å². The lowest BCUT2D eigenvalue weighted by atomic mass is 10.1. The SMILES string of the molecule is COc1ccc(-c2cc(C(F)(F)F)nc(SCC(=O)N3CCOCC3)n2)cc1. The van der Waals surface area contributed by atoms with Crippen LogP contribution in [-0.4, -0.2) is 59.9 Å². The monoisotopic (exact) mass is 413 g/mol. The molecule has 0 aliphatic carbocycles. The molecule has 1 saturated heterocycles. The van der Waals surface area contributed by atoms with Crippen LogP contribution >= 0.6 is 11.8 Å². The minimum atomic E-state index is -4.62. The largest absolute Gasteiger partial charge is 0.497 e. The predicted octanol–water partition coefficient (Wildman–Crippen LogP) is 3.12. The van der Waals surface area contributed by atoms with Crippen LogP contribution in [0.1, 0.15) is 5.69 Å². The number of carbonyl (C=O) groups excluding carboxylic acids is 1. The summed E-state index contributed by atoms with van der Waals surface area (Å²) in [6.07, 6.45) is -4.62. The molecule has 3 rings (SSSR count). The summed E-state index contributed by atoms with van der Waals surface area (Å²) in [5, 5.41) is -0.0951. The zero-order valence-electron chi connectivity index (χ0n) is 15.0. The Bertz CT molecular complexity index is 825. The van der Waals surface area contributed by atoms with Crippen molar-refractivity contribution in [1.29, 1.82) is 0 Å². The standard InChI is InChI=1S/C18H18F3N3O3S/c1-26-13-4-2-12(3-5-13)14-10-15(18(19,20)21)23-17(22-14)28-11-16(25)24-6-8-27-9-7-24/h2-5,10H,6-9,11H2,1H3. The molecule has 150 valence electrons. The van der Waals surface area contributed by atoms with E-state index in [1.807, 2.05) is 0 Å². The van der Waals surface area contributed by atoms with Gasteiger partial charge in [0.15, 0.2) is 5.16 Å². The molecule has 0 saturated carbocycles. The van der Waals surface area contributed by atoms with E-state index in [0.29, 0.717) is 37.6 Å². The number of morpholine rings is 1. The number of hydrogen-bond acceptors (Lipinski definition) is 6. The van der Waals surface area contributed by atoms with Crippen molar-refractivity contribution in [2.24, 2.45) is 0 Å². The molecule has 6 nitrogen and oxygen atoms in total. The van der Waals surface area contributed by atoms with Crippen LogP contribution in [0.4, 0.5) is 13.2 Å². The number of rotatable bonds is 5. The molecule has 0 unspecified atom stereocenters. The zero-order chi connectivity index (χ0) is 20.1. The third-order valence-corrected chi connectivity index (χ3v) is 4.90. The highest BCUT2D eigenvalue weighted by Gasteiger charge is 2.34. The van der Waals surface area contributed by atoms with Crippen LogP contribution in [0.2, 0.25) is 0 Å². The number of ether oxygens (including phenoxy) is 2. The number of alkyl halides is 3. The van der Waals surface area contributed by atoms with Crippen LogP contribution in [0.5, 0.6) is 5.75 Å². The second kappa shape index (κ2) is 8.78. The van der Waals surface area contributed by atoms with Crippen LogP contribution < -0.4 is 4.74 Å². The first kappa shape index (κ1) is 20.4. The fourth-order valence-electron chi connectivity index (χ4n) is 2.57. The minimum Gasteiger partial charge on any atom is -0.497 e. The highest BCUT2D eigenvalue weighted by molar-refractivity contribution is 7.99. The lowest BCUT2D eigenvalue weighted by Crippen LogP contribution is -2.41. The third-order valence-electron chi connectivity index (χ3n) is 4.07. The second-order valence-electron chi connectivity index (χ2n) is 5.93. The summed E-state index contributed by atoms with van der Waals surface area (Å²) in [7, 11) is 1.50. The van der Waals surface area contributed by atoms with Gasteiger partial charge in [-0.1, -0.05) is 11.8 Å². The van der Waals surface area contributed by atoms with Gasteiger partial charge >= 0.3 is 6.18 Å². The normalized spacial score (nSPS) is 14.8. The van der Waals surface area contributed by atoms with Crippen molar-refractivity contribution >= 4 is 17.7 Å². The summed E-state index contributed by atoms with van der Waals surface area (Å²) < 4.78 is 50.0. The Kier molecular flexibility index (Phi) is 6.40. The van der Waals surface area contributed by atoms with Crippen LogP contribution in [0.3, 0.4) is 0 Å². The molecule has 2 heterocycles. The second-order valence-corrected chi connectivity index (χ2v) is 6.87. The van der Waals surface area contributed by atoms with Crippen molar-refractivity contribution < 1.29 is 27.4 Å². The molecule has 1 aliphatic heterocycles. The van der Waals surface area contributed by atoms with Gasteiger partial charge in [-0.2, -0.15) is 13.2 Å². The zero-order valence-corrected chi connectivity index (χ0v) is 15.8. The van der Waals surface area contributed by atoms with Crippen LogP contribution in [0.15, 0.2) is 35.5 Å². The van der Waals surface area contributed by atoms with Crippen LogP contribution in [0, 0.1) is 0 Å². The summed E-state index contributed by atoms with van der Waals surface area (Å²) >= 11 is 0.890. The summed E-state index contributed by atoms with van der Waals surface area (Å²) in [5.74, 6) is 0.364. The van der Waals surface area contributed by atoms with Crippen molar-refractivity contribution in [3.05, 3.63) is 36.0 Å². The average molecular weight is 413 g/mol. The fraction of sp³-hybridized carbons (Fsp3) is 0.389. The van der Waals surface area contributed by atoms with Crippen molar-refractivity contribution in [3.63, 3.8) is 0 Å². The molecular formula is C18H18F3N3O3S. The summed E-state index contributed by atoms with van der Waals surface area (Å²) in [6, 6.07) is 7.41. The Morgan fingerprint density at radius 3 is 2.50 bits per heavy atom. The highest BCUT2D eigenvalue weighted by Crippen LogP contribution is 2.32. The maximum Gasteiger partial charge on any atom is 0.433 e. The number of methoxy groups -OCH3 is 1. The molecule has 1 fully saturated rings. The summed E-state index contributed by atoms with van der Waals surface area (Å²) in [4.78, 5) is 21.6. The van der Waals surface area contributed by atoms with Gasteiger partial charge in [-0.05, 0) is 30.3 Å². The van der Waals surface area contributed by atoms with E-state index in [-0.39, 0.29) is 22.5 Å². The number of hydrogen-bond donors (Lipinski definition) is 0. The third kappa shape index (κ3) is 5.14. The van der Waals surface area contributed by atoms with E-state index in [2.05, 4.69) is 9.97 Å². The quantitative estimate of drug-likeness (QED) is 0.554. The van der Waals surface area contributed by atoms with E-state index in [1.54, 1.807) is 29.2 Å². The Balaban J connectivity index is 1.82.